The van der Waals surface area contributed by atoms with Crippen molar-refractivity contribution in [3.63, 3.8) is 0 Å². The molecule has 0 atom stereocenters. The maximum Gasteiger partial charge on any atom is 0.326 e. The lowest BCUT2D eigenvalue weighted by Gasteiger charge is -2.24. The summed E-state index contributed by atoms with van der Waals surface area (Å²) < 4.78 is 6.01. The number of halogens is 2. The maximum atomic E-state index is 13.1. The summed E-state index contributed by atoms with van der Waals surface area (Å²) in [6, 6.07) is 18.4. The largest absolute Gasteiger partial charge is 0.440 e. The van der Waals surface area contributed by atoms with Crippen LogP contribution in [0.3, 0.4) is 0 Å². The van der Waals surface area contributed by atoms with Gasteiger partial charge in [0.2, 0.25) is 5.88 Å². The van der Waals surface area contributed by atoms with Gasteiger partial charge in [0.25, 0.3) is 0 Å². The summed E-state index contributed by atoms with van der Waals surface area (Å²) in [5.74, 6) is 0.304. The number of aryl methyl sites for hydroxylation is 1. The molecule has 32 heavy (non-hydrogen) atoms. The molecule has 0 radical (unpaired) electrons. The highest BCUT2D eigenvalue weighted by molar-refractivity contribution is 6.34. The second-order valence-corrected chi connectivity index (χ2v) is 9.60. The number of carbonyl (C=O) groups excluding carboxylic acids is 1. The molecule has 0 unspecified atom stereocenters. The molecule has 0 spiro atoms. The van der Waals surface area contributed by atoms with Crippen molar-refractivity contribution in [3.8, 4) is 11.1 Å². The third-order valence-electron chi connectivity index (χ3n) is 5.34. The Kier molecular flexibility index (Phi) is 5.93. The number of anilines is 2. The maximum absolute atomic E-state index is 13.1. The van der Waals surface area contributed by atoms with E-state index in [1.165, 1.54) is 0 Å². The van der Waals surface area contributed by atoms with Gasteiger partial charge in [-0.15, -0.1) is 0 Å². The van der Waals surface area contributed by atoms with E-state index in [0.29, 0.717) is 27.1 Å². The van der Waals surface area contributed by atoms with E-state index < -0.39 is 6.03 Å². The highest BCUT2D eigenvalue weighted by atomic mass is 35.5. The second-order valence-electron chi connectivity index (χ2n) is 8.75. The Morgan fingerprint density at radius 2 is 1.69 bits per heavy atom. The molecule has 2 amide bonds. The minimum atomic E-state index is -0.400. The van der Waals surface area contributed by atoms with E-state index in [0.717, 1.165) is 27.8 Å². The van der Waals surface area contributed by atoms with E-state index in [2.05, 4.69) is 31.4 Å². The molecule has 0 saturated carbocycles. The van der Waals surface area contributed by atoms with Gasteiger partial charge in [-0.3, -0.25) is 5.32 Å². The van der Waals surface area contributed by atoms with Crippen molar-refractivity contribution < 1.29 is 9.21 Å². The summed E-state index contributed by atoms with van der Waals surface area (Å²) in [5, 5.41) is 7.78. The molecule has 0 saturated heterocycles. The molecule has 2 N–H and O–H groups in total. The number of rotatable bonds is 3. The van der Waals surface area contributed by atoms with Gasteiger partial charge < -0.3 is 9.73 Å². The molecule has 0 fully saturated rings. The van der Waals surface area contributed by atoms with E-state index in [-0.39, 0.29) is 5.41 Å². The zero-order chi connectivity index (χ0) is 23.0. The molecule has 1 aromatic heterocycles. The predicted octanol–water partition coefficient (Wildman–Crippen LogP) is 8.66. The average molecular weight is 467 g/mol. The summed E-state index contributed by atoms with van der Waals surface area (Å²) in [7, 11) is 0. The van der Waals surface area contributed by atoms with Crippen LogP contribution in [-0.2, 0) is 5.41 Å². The molecular formula is C26H24Cl2N2O2. The molecule has 3 aromatic carbocycles. The van der Waals surface area contributed by atoms with E-state index in [1.807, 2.05) is 43.3 Å². The van der Waals surface area contributed by atoms with Gasteiger partial charge in [-0.1, -0.05) is 80.4 Å². The molecule has 164 valence electrons. The van der Waals surface area contributed by atoms with Crippen molar-refractivity contribution in [2.24, 2.45) is 0 Å². The Hall–Kier alpha value is -2.95. The summed E-state index contributed by atoms with van der Waals surface area (Å²) in [5.41, 5.74) is 4.72. The topological polar surface area (TPSA) is 54.3 Å². The fraction of sp³-hybridized carbons (Fsp3) is 0.192. The van der Waals surface area contributed by atoms with Gasteiger partial charge in [0, 0.05) is 26.7 Å². The van der Waals surface area contributed by atoms with Gasteiger partial charge in [0.05, 0.1) is 5.56 Å². The molecule has 4 rings (SSSR count). The summed E-state index contributed by atoms with van der Waals surface area (Å²) in [6.07, 6.45) is 0. The molecule has 0 aliphatic heterocycles. The minimum Gasteiger partial charge on any atom is -0.440 e. The van der Waals surface area contributed by atoms with Gasteiger partial charge in [-0.05, 0) is 47.7 Å². The molecular weight excluding hydrogens is 443 g/mol. The summed E-state index contributed by atoms with van der Waals surface area (Å²) in [4.78, 5) is 13.1. The van der Waals surface area contributed by atoms with Crippen molar-refractivity contribution in [3.05, 3.63) is 81.8 Å². The van der Waals surface area contributed by atoms with Crippen LogP contribution < -0.4 is 10.6 Å². The van der Waals surface area contributed by atoms with E-state index in [9.17, 15) is 4.79 Å². The van der Waals surface area contributed by atoms with Crippen LogP contribution in [0.25, 0.3) is 22.1 Å². The molecule has 6 heteroatoms. The van der Waals surface area contributed by atoms with Crippen molar-refractivity contribution in [2.75, 3.05) is 10.6 Å². The number of carbonyl (C=O) groups is 1. The zero-order valence-electron chi connectivity index (χ0n) is 18.3. The lowest BCUT2D eigenvalue weighted by atomic mass is 9.84. The average Bonchev–Trinajstić information content (AvgIpc) is 3.05. The molecule has 4 aromatic rings. The minimum absolute atomic E-state index is 0.131. The quantitative estimate of drug-likeness (QED) is 0.317. The van der Waals surface area contributed by atoms with Crippen LogP contribution >= 0.6 is 23.2 Å². The zero-order valence-corrected chi connectivity index (χ0v) is 19.9. The number of nitrogens with one attached hydrogen (secondary N) is 2. The van der Waals surface area contributed by atoms with Gasteiger partial charge in [0.15, 0.2) is 0 Å². The van der Waals surface area contributed by atoms with E-state index in [1.54, 1.807) is 24.3 Å². The lowest BCUT2D eigenvalue weighted by Crippen LogP contribution is -2.23. The van der Waals surface area contributed by atoms with Crippen molar-refractivity contribution in [1.82, 2.24) is 0 Å². The second kappa shape index (κ2) is 8.53. The molecule has 1 heterocycles. The van der Waals surface area contributed by atoms with Crippen molar-refractivity contribution in [2.45, 2.75) is 33.1 Å². The third kappa shape index (κ3) is 4.34. The Bertz CT molecular complexity index is 1320. The molecule has 0 aliphatic rings. The monoisotopic (exact) mass is 466 g/mol. The number of furan rings is 1. The first-order chi connectivity index (χ1) is 15.1. The SMILES string of the molecule is Cc1cccc(C(C)(C)C)c1NC(=O)Nc1oc2ccc(Cl)cc2c1-c1ccccc1Cl. The standard InChI is InChI=1S/C26H24Cl2N2O2/c1-15-8-7-10-19(26(2,3)4)23(15)29-25(31)30-24-22(17-9-5-6-11-20(17)28)18-14-16(27)12-13-21(18)32-24/h5-14H,1-4H3,(H2,29,30,31). The Labute approximate surface area is 197 Å². The number of hydrogen-bond donors (Lipinski definition) is 2. The van der Waals surface area contributed by atoms with Gasteiger partial charge in [0.1, 0.15) is 5.58 Å². The van der Waals surface area contributed by atoms with Gasteiger partial charge in [-0.25, -0.2) is 4.79 Å². The van der Waals surface area contributed by atoms with Crippen molar-refractivity contribution >= 4 is 51.8 Å². The van der Waals surface area contributed by atoms with Crippen LogP contribution in [0.4, 0.5) is 16.4 Å². The van der Waals surface area contributed by atoms with Crippen LogP contribution in [0, 0.1) is 6.92 Å². The Balaban J connectivity index is 1.76. The number of para-hydroxylation sites is 1. The highest BCUT2D eigenvalue weighted by Crippen LogP contribution is 2.42. The fourth-order valence-corrected chi connectivity index (χ4v) is 4.20. The molecule has 0 aliphatic carbocycles. The fourth-order valence-electron chi connectivity index (χ4n) is 3.80. The number of hydrogen-bond acceptors (Lipinski definition) is 2. The number of urea groups is 1. The third-order valence-corrected chi connectivity index (χ3v) is 5.90. The number of amides is 2. The predicted molar refractivity (Wildman–Crippen MR) is 134 cm³/mol. The van der Waals surface area contributed by atoms with E-state index >= 15 is 0 Å². The number of fused-ring (bicyclic) bond motifs is 1. The normalized spacial score (nSPS) is 11.6. The highest BCUT2D eigenvalue weighted by Gasteiger charge is 2.23. The first kappa shape index (κ1) is 22.3. The van der Waals surface area contributed by atoms with Crippen LogP contribution in [-0.4, -0.2) is 6.03 Å². The van der Waals surface area contributed by atoms with Gasteiger partial charge >= 0.3 is 6.03 Å². The first-order valence-electron chi connectivity index (χ1n) is 10.3. The summed E-state index contributed by atoms with van der Waals surface area (Å²) >= 11 is 12.7. The summed E-state index contributed by atoms with van der Waals surface area (Å²) in [6.45, 7) is 8.32. The van der Waals surface area contributed by atoms with Crippen LogP contribution in [0.2, 0.25) is 10.0 Å². The molecule has 0 bridgehead atoms. The van der Waals surface area contributed by atoms with Crippen LogP contribution in [0.5, 0.6) is 0 Å². The lowest BCUT2D eigenvalue weighted by molar-refractivity contribution is 0.261. The number of benzene rings is 3. The first-order valence-corrected chi connectivity index (χ1v) is 11.1. The van der Waals surface area contributed by atoms with Crippen LogP contribution in [0.15, 0.2) is 65.1 Å². The molecule has 4 nitrogen and oxygen atoms in total. The smallest absolute Gasteiger partial charge is 0.326 e. The van der Waals surface area contributed by atoms with Crippen molar-refractivity contribution in [1.29, 1.82) is 0 Å². The Morgan fingerprint density at radius 3 is 2.41 bits per heavy atom. The Morgan fingerprint density at radius 1 is 0.938 bits per heavy atom. The van der Waals surface area contributed by atoms with E-state index in [4.69, 9.17) is 27.6 Å². The van der Waals surface area contributed by atoms with Gasteiger partial charge in [-0.2, -0.15) is 0 Å². The van der Waals surface area contributed by atoms with Crippen LogP contribution in [0.1, 0.15) is 31.9 Å².